The summed E-state index contributed by atoms with van der Waals surface area (Å²) in [6.07, 6.45) is 0.319. The normalized spacial score (nSPS) is 12.1. The zero-order valence-corrected chi connectivity index (χ0v) is 26.8. The smallest absolute Gasteiger partial charge is 0.264 e. The predicted octanol–water partition coefficient (Wildman–Crippen LogP) is 6.09. The topological polar surface area (TPSA) is 96.0 Å². The van der Waals surface area contributed by atoms with Gasteiger partial charge >= 0.3 is 0 Å². The molecule has 0 aliphatic rings. The first-order valence-electron chi connectivity index (χ1n) is 13.6. The molecule has 2 amide bonds. The number of carbonyl (C=O) groups excluding carboxylic acids is 2. The van der Waals surface area contributed by atoms with Crippen LogP contribution in [-0.2, 0) is 26.2 Å². The molecular formula is C31H37Cl2N3O5S. The fourth-order valence-corrected chi connectivity index (χ4v) is 6.23. The van der Waals surface area contributed by atoms with Crippen LogP contribution in [0.5, 0.6) is 5.75 Å². The van der Waals surface area contributed by atoms with Gasteiger partial charge in [0.25, 0.3) is 10.0 Å². The number of nitrogens with one attached hydrogen (secondary N) is 1. The van der Waals surface area contributed by atoms with Crippen LogP contribution in [0, 0.1) is 12.8 Å². The number of anilines is 1. The van der Waals surface area contributed by atoms with Crippen LogP contribution in [0.2, 0.25) is 10.0 Å². The van der Waals surface area contributed by atoms with E-state index in [9.17, 15) is 18.0 Å². The molecule has 0 aliphatic carbocycles. The number of benzene rings is 3. The summed E-state index contributed by atoms with van der Waals surface area (Å²) in [7, 11) is -2.68. The van der Waals surface area contributed by atoms with Gasteiger partial charge in [-0.05, 0) is 67.3 Å². The predicted molar refractivity (Wildman–Crippen MR) is 168 cm³/mol. The molecule has 0 radical (unpaired) electrons. The molecule has 0 bridgehead atoms. The molecule has 0 saturated carbocycles. The van der Waals surface area contributed by atoms with E-state index < -0.39 is 28.5 Å². The second kappa shape index (κ2) is 14.8. The summed E-state index contributed by atoms with van der Waals surface area (Å²) in [5.41, 5.74) is 1.76. The summed E-state index contributed by atoms with van der Waals surface area (Å²) in [4.78, 5) is 28.9. The molecule has 0 aliphatic heterocycles. The van der Waals surface area contributed by atoms with E-state index in [1.54, 1.807) is 43.5 Å². The van der Waals surface area contributed by atoms with Crippen LogP contribution in [0.1, 0.15) is 38.3 Å². The molecular weight excluding hydrogens is 597 g/mol. The van der Waals surface area contributed by atoms with Crippen molar-refractivity contribution in [3.05, 3.63) is 87.9 Å². The molecule has 11 heteroatoms. The number of nitrogens with zero attached hydrogens (tertiary/aromatic N) is 2. The molecule has 1 N–H and O–H groups in total. The number of hydrogen-bond donors (Lipinski definition) is 1. The number of carbonyl (C=O) groups is 2. The van der Waals surface area contributed by atoms with E-state index >= 15 is 0 Å². The molecule has 0 fully saturated rings. The minimum absolute atomic E-state index is 0.000389. The number of hydrogen-bond acceptors (Lipinski definition) is 5. The number of amides is 2. The standard InChI is InChI=1S/C31H37Cl2N3O5S/c1-6-29(31(38)34-18-21(2)3)35(19-23-9-11-27(41-5)12-10-23)30(37)20-36(26-16-24(32)15-25(33)17-26)42(39,40)28-13-7-22(4)8-14-28/h7-17,21,29H,6,18-20H2,1-5H3,(H,34,38)/t29-/m0/s1. The van der Waals surface area contributed by atoms with E-state index in [0.717, 1.165) is 15.4 Å². The Labute approximate surface area is 258 Å². The lowest BCUT2D eigenvalue weighted by atomic mass is 10.1. The van der Waals surface area contributed by atoms with Gasteiger partial charge < -0.3 is 15.0 Å². The molecule has 0 aromatic heterocycles. The quantitative estimate of drug-likeness (QED) is 0.246. The monoisotopic (exact) mass is 633 g/mol. The average molecular weight is 635 g/mol. The number of ether oxygens (including phenoxy) is 1. The SMILES string of the molecule is CC[C@@H](C(=O)NCC(C)C)N(Cc1ccc(OC)cc1)C(=O)CN(c1cc(Cl)cc(Cl)c1)S(=O)(=O)c1ccc(C)cc1. The number of rotatable bonds is 13. The molecule has 3 aromatic rings. The van der Waals surface area contributed by atoms with E-state index in [1.165, 1.54) is 35.2 Å². The lowest BCUT2D eigenvalue weighted by molar-refractivity contribution is -0.140. The Bertz CT molecular complexity index is 1460. The molecule has 1 atom stereocenters. The Hall–Kier alpha value is -3.27. The summed E-state index contributed by atoms with van der Waals surface area (Å²) in [6, 6.07) is 17.0. The van der Waals surface area contributed by atoms with Gasteiger partial charge in [-0.1, -0.05) is 73.8 Å². The fourth-order valence-electron chi connectivity index (χ4n) is 4.32. The van der Waals surface area contributed by atoms with E-state index in [2.05, 4.69) is 5.32 Å². The van der Waals surface area contributed by atoms with Gasteiger partial charge in [-0.3, -0.25) is 13.9 Å². The highest BCUT2D eigenvalue weighted by molar-refractivity contribution is 7.92. The summed E-state index contributed by atoms with van der Waals surface area (Å²) >= 11 is 12.5. The lowest BCUT2D eigenvalue weighted by Gasteiger charge is -2.33. The van der Waals surface area contributed by atoms with Crippen LogP contribution < -0.4 is 14.4 Å². The molecule has 42 heavy (non-hydrogen) atoms. The third kappa shape index (κ3) is 8.63. The minimum atomic E-state index is -4.24. The van der Waals surface area contributed by atoms with Crippen molar-refractivity contribution in [2.75, 3.05) is 24.5 Å². The molecule has 226 valence electrons. The van der Waals surface area contributed by atoms with Gasteiger partial charge in [0.15, 0.2) is 0 Å². The highest BCUT2D eigenvalue weighted by atomic mass is 35.5. The molecule has 3 rings (SSSR count). The highest BCUT2D eigenvalue weighted by Crippen LogP contribution is 2.30. The maximum absolute atomic E-state index is 14.1. The van der Waals surface area contributed by atoms with Crippen molar-refractivity contribution >= 4 is 50.7 Å². The van der Waals surface area contributed by atoms with E-state index in [-0.39, 0.29) is 39.0 Å². The van der Waals surface area contributed by atoms with Crippen LogP contribution >= 0.6 is 23.2 Å². The number of aryl methyl sites for hydroxylation is 1. The Kier molecular flexibility index (Phi) is 11.7. The third-order valence-corrected chi connectivity index (χ3v) is 8.83. The molecule has 8 nitrogen and oxygen atoms in total. The number of sulfonamides is 1. The summed E-state index contributed by atoms with van der Waals surface area (Å²) in [6.45, 7) is 7.54. The first kappa shape index (κ1) is 33.2. The van der Waals surface area contributed by atoms with Crippen molar-refractivity contribution in [3.63, 3.8) is 0 Å². The van der Waals surface area contributed by atoms with E-state index in [1.807, 2.05) is 27.7 Å². The van der Waals surface area contributed by atoms with Crippen LogP contribution in [0.25, 0.3) is 0 Å². The van der Waals surface area contributed by atoms with Gasteiger partial charge in [0.2, 0.25) is 11.8 Å². The van der Waals surface area contributed by atoms with Crippen molar-refractivity contribution in [3.8, 4) is 5.75 Å². The third-order valence-electron chi connectivity index (χ3n) is 6.61. The van der Waals surface area contributed by atoms with Crippen molar-refractivity contribution in [2.24, 2.45) is 5.92 Å². The Morgan fingerprint density at radius 2 is 1.55 bits per heavy atom. The van der Waals surface area contributed by atoms with Crippen molar-refractivity contribution in [1.29, 1.82) is 0 Å². The van der Waals surface area contributed by atoms with E-state index in [0.29, 0.717) is 18.7 Å². The second-order valence-corrected chi connectivity index (χ2v) is 13.1. The van der Waals surface area contributed by atoms with Crippen LogP contribution in [0.15, 0.2) is 71.6 Å². The van der Waals surface area contributed by atoms with Crippen molar-refractivity contribution in [1.82, 2.24) is 10.2 Å². The lowest BCUT2D eigenvalue weighted by Crippen LogP contribution is -2.52. The van der Waals surface area contributed by atoms with Crippen molar-refractivity contribution < 1.29 is 22.7 Å². The zero-order chi connectivity index (χ0) is 31.0. The molecule has 0 saturated heterocycles. The Balaban J connectivity index is 2.07. The fraction of sp³-hybridized carbons (Fsp3) is 0.355. The van der Waals surface area contributed by atoms with Gasteiger partial charge in [-0.15, -0.1) is 0 Å². The summed E-state index contributed by atoms with van der Waals surface area (Å²) in [5.74, 6) is -0.0255. The maximum Gasteiger partial charge on any atom is 0.264 e. The highest BCUT2D eigenvalue weighted by Gasteiger charge is 2.34. The molecule has 3 aromatic carbocycles. The maximum atomic E-state index is 14.1. The van der Waals surface area contributed by atoms with Gasteiger partial charge in [0.05, 0.1) is 17.7 Å². The van der Waals surface area contributed by atoms with Gasteiger partial charge in [-0.25, -0.2) is 8.42 Å². The van der Waals surface area contributed by atoms with Crippen LogP contribution in [0.3, 0.4) is 0 Å². The van der Waals surface area contributed by atoms with Gasteiger partial charge in [-0.2, -0.15) is 0 Å². The molecule has 0 unspecified atom stereocenters. The first-order chi connectivity index (χ1) is 19.8. The van der Waals surface area contributed by atoms with Gasteiger partial charge in [0.1, 0.15) is 18.3 Å². The molecule has 0 spiro atoms. The zero-order valence-electron chi connectivity index (χ0n) is 24.4. The summed E-state index contributed by atoms with van der Waals surface area (Å²) < 4.78 is 34.2. The number of halogens is 2. The Morgan fingerprint density at radius 3 is 2.07 bits per heavy atom. The van der Waals surface area contributed by atoms with Crippen molar-refractivity contribution in [2.45, 2.75) is 51.6 Å². The Morgan fingerprint density at radius 1 is 0.952 bits per heavy atom. The number of methoxy groups -OCH3 is 1. The largest absolute Gasteiger partial charge is 0.497 e. The second-order valence-electron chi connectivity index (χ2n) is 10.4. The van der Waals surface area contributed by atoms with Gasteiger partial charge in [0, 0.05) is 23.1 Å². The minimum Gasteiger partial charge on any atom is -0.497 e. The molecule has 0 heterocycles. The summed E-state index contributed by atoms with van der Waals surface area (Å²) in [5, 5.41) is 3.34. The van der Waals surface area contributed by atoms with Crippen LogP contribution in [-0.4, -0.2) is 51.4 Å². The average Bonchev–Trinajstić information content (AvgIpc) is 2.94. The first-order valence-corrected chi connectivity index (χ1v) is 15.8. The van der Waals surface area contributed by atoms with E-state index in [4.69, 9.17) is 27.9 Å². The van der Waals surface area contributed by atoms with Crippen LogP contribution in [0.4, 0.5) is 5.69 Å².